The van der Waals surface area contributed by atoms with Crippen molar-refractivity contribution in [1.29, 1.82) is 0 Å². The molecule has 5 nitrogen and oxygen atoms in total. The SMILES string of the molecule is Cc1ccc(C2c3c(ccc4ccccc34)Oc3ncn4nc(C)nc4c32)cc1. The van der Waals surface area contributed by atoms with Gasteiger partial charge < -0.3 is 4.74 Å². The summed E-state index contributed by atoms with van der Waals surface area (Å²) in [5.74, 6) is 2.11. The number of aromatic nitrogens is 4. The van der Waals surface area contributed by atoms with Crippen LogP contribution in [0.15, 0.2) is 67.0 Å². The molecular weight excluding hydrogens is 360 g/mol. The molecule has 0 saturated carbocycles. The molecule has 5 aromatic rings. The van der Waals surface area contributed by atoms with Crippen LogP contribution >= 0.6 is 0 Å². The third-order valence-corrected chi connectivity index (χ3v) is 5.62. The molecule has 0 radical (unpaired) electrons. The van der Waals surface area contributed by atoms with Crippen molar-refractivity contribution < 1.29 is 4.74 Å². The molecule has 3 aromatic carbocycles. The zero-order valence-electron chi connectivity index (χ0n) is 16.1. The van der Waals surface area contributed by atoms with Gasteiger partial charge in [0.1, 0.15) is 17.9 Å². The van der Waals surface area contributed by atoms with Gasteiger partial charge >= 0.3 is 0 Å². The second kappa shape index (κ2) is 5.88. The Morgan fingerprint density at radius 3 is 2.59 bits per heavy atom. The molecule has 1 aliphatic rings. The van der Waals surface area contributed by atoms with Gasteiger partial charge in [-0.05, 0) is 36.2 Å². The van der Waals surface area contributed by atoms with Gasteiger partial charge in [-0.2, -0.15) is 5.10 Å². The summed E-state index contributed by atoms with van der Waals surface area (Å²) >= 11 is 0. The zero-order valence-corrected chi connectivity index (χ0v) is 16.1. The van der Waals surface area contributed by atoms with E-state index in [2.05, 4.69) is 71.6 Å². The molecule has 5 heteroatoms. The Morgan fingerprint density at radius 1 is 0.897 bits per heavy atom. The fraction of sp³-hybridized carbons (Fsp3) is 0.125. The van der Waals surface area contributed by atoms with Crippen molar-refractivity contribution in [2.75, 3.05) is 0 Å². The normalized spacial score (nSPS) is 15.2. The zero-order chi connectivity index (χ0) is 19.5. The average Bonchev–Trinajstić information content (AvgIpc) is 3.13. The highest BCUT2D eigenvalue weighted by atomic mass is 16.5. The number of nitrogens with zero attached hydrogens (tertiary/aromatic N) is 4. The van der Waals surface area contributed by atoms with E-state index in [0.717, 1.165) is 22.5 Å². The monoisotopic (exact) mass is 378 g/mol. The Hall–Kier alpha value is -3.73. The molecule has 140 valence electrons. The van der Waals surface area contributed by atoms with Gasteiger partial charge in [0.25, 0.3) is 0 Å². The Bertz CT molecular complexity index is 1400. The maximum absolute atomic E-state index is 6.29. The molecule has 2 aromatic heterocycles. The lowest BCUT2D eigenvalue weighted by Gasteiger charge is -2.29. The second-order valence-corrected chi connectivity index (χ2v) is 7.53. The van der Waals surface area contributed by atoms with E-state index in [0.29, 0.717) is 11.7 Å². The maximum atomic E-state index is 6.29. The molecule has 1 aliphatic heterocycles. The molecule has 0 spiro atoms. The summed E-state index contributed by atoms with van der Waals surface area (Å²) in [5.41, 5.74) is 5.31. The van der Waals surface area contributed by atoms with E-state index < -0.39 is 0 Å². The van der Waals surface area contributed by atoms with Crippen molar-refractivity contribution in [1.82, 2.24) is 19.6 Å². The first kappa shape index (κ1) is 16.2. The van der Waals surface area contributed by atoms with Gasteiger partial charge in [-0.1, -0.05) is 60.2 Å². The molecule has 0 bridgehead atoms. The molecule has 6 rings (SSSR count). The van der Waals surface area contributed by atoms with Crippen LogP contribution in [-0.4, -0.2) is 19.6 Å². The fourth-order valence-electron chi connectivity index (χ4n) is 4.30. The molecule has 3 heterocycles. The number of hydrogen-bond acceptors (Lipinski definition) is 4. The summed E-state index contributed by atoms with van der Waals surface area (Å²) in [5, 5.41) is 6.84. The highest BCUT2D eigenvalue weighted by Crippen LogP contribution is 2.50. The third-order valence-electron chi connectivity index (χ3n) is 5.62. The number of rotatable bonds is 1. The topological polar surface area (TPSA) is 52.3 Å². The van der Waals surface area contributed by atoms with E-state index in [9.17, 15) is 0 Å². The van der Waals surface area contributed by atoms with Crippen LogP contribution in [-0.2, 0) is 0 Å². The van der Waals surface area contributed by atoms with Gasteiger partial charge in [-0.25, -0.2) is 14.5 Å². The van der Waals surface area contributed by atoms with E-state index in [-0.39, 0.29) is 5.92 Å². The predicted octanol–water partition coefficient (Wildman–Crippen LogP) is 5.18. The Balaban J connectivity index is 1.75. The van der Waals surface area contributed by atoms with Gasteiger partial charge in [0, 0.05) is 11.5 Å². The minimum atomic E-state index is -0.0414. The third kappa shape index (κ3) is 2.37. The Morgan fingerprint density at radius 2 is 1.72 bits per heavy atom. The lowest BCUT2D eigenvalue weighted by molar-refractivity contribution is 0.433. The number of fused-ring (bicyclic) bond motifs is 6. The first-order chi connectivity index (χ1) is 14.2. The minimum Gasteiger partial charge on any atom is -0.438 e. The predicted molar refractivity (Wildman–Crippen MR) is 112 cm³/mol. The molecule has 0 N–H and O–H groups in total. The highest BCUT2D eigenvalue weighted by Gasteiger charge is 2.34. The number of benzene rings is 3. The van der Waals surface area contributed by atoms with E-state index in [1.165, 1.54) is 21.9 Å². The van der Waals surface area contributed by atoms with Gasteiger partial charge in [-0.3, -0.25) is 0 Å². The lowest BCUT2D eigenvalue weighted by atomic mass is 9.81. The van der Waals surface area contributed by atoms with Gasteiger partial charge in [0.15, 0.2) is 5.65 Å². The smallest absolute Gasteiger partial charge is 0.228 e. The van der Waals surface area contributed by atoms with Crippen molar-refractivity contribution in [3.63, 3.8) is 0 Å². The van der Waals surface area contributed by atoms with Crippen LogP contribution in [0.1, 0.15) is 34.0 Å². The molecular formula is C24H18N4O. The van der Waals surface area contributed by atoms with Crippen molar-refractivity contribution in [2.45, 2.75) is 19.8 Å². The van der Waals surface area contributed by atoms with Crippen LogP contribution in [0.3, 0.4) is 0 Å². The van der Waals surface area contributed by atoms with E-state index in [4.69, 9.17) is 9.72 Å². The first-order valence-electron chi connectivity index (χ1n) is 9.67. The molecule has 0 saturated heterocycles. The molecule has 0 amide bonds. The highest BCUT2D eigenvalue weighted by molar-refractivity contribution is 5.90. The quantitative estimate of drug-likeness (QED) is 0.396. The summed E-state index contributed by atoms with van der Waals surface area (Å²) in [6, 6.07) is 21.3. The van der Waals surface area contributed by atoms with Crippen LogP contribution in [0.5, 0.6) is 11.6 Å². The van der Waals surface area contributed by atoms with Crippen molar-refractivity contribution in [3.8, 4) is 11.6 Å². The minimum absolute atomic E-state index is 0.0414. The molecule has 0 fully saturated rings. The number of aryl methyl sites for hydroxylation is 2. The Kier molecular flexibility index (Phi) is 3.29. The van der Waals surface area contributed by atoms with Gasteiger partial charge in [0.05, 0.1) is 5.56 Å². The maximum Gasteiger partial charge on any atom is 0.228 e. The van der Waals surface area contributed by atoms with Crippen LogP contribution in [0.2, 0.25) is 0 Å². The van der Waals surface area contributed by atoms with Crippen molar-refractivity contribution >= 4 is 16.4 Å². The largest absolute Gasteiger partial charge is 0.438 e. The summed E-state index contributed by atoms with van der Waals surface area (Å²) in [6.07, 6.45) is 1.67. The van der Waals surface area contributed by atoms with Crippen LogP contribution in [0.4, 0.5) is 0 Å². The van der Waals surface area contributed by atoms with Crippen LogP contribution in [0.25, 0.3) is 16.4 Å². The van der Waals surface area contributed by atoms with Crippen LogP contribution < -0.4 is 4.74 Å². The molecule has 29 heavy (non-hydrogen) atoms. The number of ether oxygens (including phenoxy) is 1. The first-order valence-corrected chi connectivity index (χ1v) is 9.67. The van der Waals surface area contributed by atoms with E-state index in [1.807, 2.05) is 13.0 Å². The van der Waals surface area contributed by atoms with E-state index >= 15 is 0 Å². The van der Waals surface area contributed by atoms with Gasteiger partial charge in [-0.15, -0.1) is 0 Å². The lowest BCUT2D eigenvalue weighted by Crippen LogP contribution is -2.15. The fourth-order valence-corrected chi connectivity index (χ4v) is 4.30. The van der Waals surface area contributed by atoms with E-state index in [1.54, 1.807) is 10.8 Å². The number of hydrogen-bond donors (Lipinski definition) is 0. The second-order valence-electron chi connectivity index (χ2n) is 7.53. The van der Waals surface area contributed by atoms with Gasteiger partial charge in [0.2, 0.25) is 5.88 Å². The summed E-state index contributed by atoms with van der Waals surface area (Å²) in [6.45, 7) is 4.00. The Labute approximate surface area is 167 Å². The molecule has 1 atom stereocenters. The van der Waals surface area contributed by atoms with Crippen LogP contribution in [0, 0.1) is 13.8 Å². The standard InChI is InChI=1S/C24H18N4O/c1-14-7-9-17(10-8-14)20-21-18-6-4-3-5-16(18)11-12-19(21)29-24-22(20)23-26-15(2)27-28(23)13-25-24/h3-13,20H,1-2H3. The van der Waals surface area contributed by atoms with Crippen molar-refractivity contribution in [2.24, 2.45) is 0 Å². The summed E-state index contributed by atoms with van der Waals surface area (Å²) in [7, 11) is 0. The molecule has 1 unspecified atom stereocenters. The van der Waals surface area contributed by atoms with Crippen molar-refractivity contribution in [3.05, 3.63) is 95.1 Å². The summed E-state index contributed by atoms with van der Waals surface area (Å²) in [4.78, 5) is 9.28. The average molecular weight is 378 g/mol. The molecule has 0 aliphatic carbocycles. The summed E-state index contributed by atoms with van der Waals surface area (Å²) < 4.78 is 8.03.